The Morgan fingerprint density at radius 3 is 2.76 bits per heavy atom. The van der Waals surface area contributed by atoms with Crippen LogP contribution in [0.15, 0.2) is 35.4 Å². The van der Waals surface area contributed by atoms with Gasteiger partial charge in [0.05, 0.1) is 6.61 Å². The first-order valence-corrected chi connectivity index (χ1v) is 8.23. The molecule has 1 heterocycles. The number of aromatic nitrogens is 2. The highest BCUT2D eigenvalue weighted by Gasteiger charge is 2.42. The number of sulfonamides is 1. The van der Waals surface area contributed by atoms with Crippen molar-refractivity contribution in [1.29, 1.82) is 0 Å². The molecule has 2 aromatic rings. The zero-order valence-electron chi connectivity index (χ0n) is 11.6. The second kappa shape index (κ2) is 5.25. The van der Waals surface area contributed by atoms with Gasteiger partial charge in [0.2, 0.25) is 0 Å². The largest absolute Gasteiger partial charge is 0.392 e. The van der Waals surface area contributed by atoms with Crippen LogP contribution in [0.1, 0.15) is 29.2 Å². The van der Waals surface area contributed by atoms with Crippen LogP contribution in [-0.2, 0) is 16.6 Å². The third kappa shape index (κ3) is 2.72. The van der Waals surface area contributed by atoms with E-state index in [9.17, 15) is 13.5 Å². The normalized spacial score (nSPS) is 21.4. The summed E-state index contributed by atoms with van der Waals surface area (Å²) in [6.07, 6.45) is 0.779. The molecule has 3 rings (SSSR count). The molecule has 0 spiro atoms. The number of benzene rings is 1. The van der Waals surface area contributed by atoms with Crippen LogP contribution in [0.4, 0.5) is 0 Å². The van der Waals surface area contributed by atoms with Gasteiger partial charge in [-0.15, -0.1) is 0 Å². The quantitative estimate of drug-likeness (QED) is 0.769. The van der Waals surface area contributed by atoms with Crippen LogP contribution in [0.5, 0.6) is 0 Å². The van der Waals surface area contributed by atoms with E-state index in [0.29, 0.717) is 11.3 Å². The average molecular weight is 307 g/mol. The lowest BCUT2D eigenvalue weighted by atomic mass is 10.1. The van der Waals surface area contributed by atoms with Crippen molar-refractivity contribution >= 4 is 10.0 Å². The van der Waals surface area contributed by atoms with Gasteiger partial charge in [0, 0.05) is 23.2 Å². The van der Waals surface area contributed by atoms with Crippen molar-refractivity contribution in [1.82, 2.24) is 14.9 Å². The first kappa shape index (κ1) is 14.2. The van der Waals surface area contributed by atoms with Gasteiger partial charge in [-0.1, -0.05) is 30.3 Å². The summed E-state index contributed by atoms with van der Waals surface area (Å²) in [6.45, 7) is 1.33. The van der Waals surface area contributed by atoms with Crippen LogP contribution in [0, 0.1) is 6.92 Å². The van der Waals surface area contributed by atoms with Gasteiger partial charge >= 0.3 is 0 Å². The predicted octanol–water partition coefficient (Wildman–Crippen LogP) is 1.04. The Labute approximate surface area is 123 Å². The Hall–Kier alpha value is -1.70. The fourth-order valence-corrected chi connectivity index (χ4v) is 3.97. The number of nitrogens with zero attached hydrogens (tertiary/aromatic N) is 1. The minimum absolute atomic E-state index is 0.110. The second-order valence-electron chi connectivity index (χ2n) is 5.27. The standard InChI is InChI=1S/C14H17N3O3S/c1-9-12(8-18)14(16-15-9)21(19,20)17-13-7-11(13)10-5-3-2-4-6-10/h2-6,11,13,17-18H,7-8H2,1H3,(H,15,16). The van der Waals surface area contributed by atoms with E-state index in [1.807, 2.05) is 30.3 Å². The van der Waals surface area contributed by atoms with Crippen molar-refractivity contribution < 1.29 is 13.5 Å². The summed E-state index contributed by atoms with van der Waals surface area (Å²) >= 11 is 0. The van der Waals surface area contributed by atoms with E-state index in [1.165, 1.54) is 0 Å². The van der Waals surface area contributed by atoms with Crippen molar-refractivity contribution in [2.24, 2.45) is 0 Å². The number of hydrogen-bond acceptors (Lipinski definition) is 4. The number of aliphatic hydroxyl groups is 1. The molecule has 1 saturated carbocycles. The Morgan fingerprint density at radius 2 is 2.10 bits per heavy atom. The van der Waals surface area contributed by atoms with Crippen LogP contribution >= 0.6 is 0 Å². The van der Waals surface area contributed by atoms with Crippen molar-refractivity contribution in [2.45, 2.75) is 36.9 Å². The van der Waals surface area contributed by atoms with E-state index in [4.69, 9.17) is 0 Å². The van der Waals surface area contributed by atoms with Gasteiger partial charge in [0.15, 0.2) is 5.03 Å². The summed E-state index contributed by atoms with van der Waals surface area (Å²) in [7, 11) is -3.71. The molecule has 1 fully saturated rings. The van der Waals surface area contributed by atoms with Gasteiger partial charge < -0.3 is 5.11 Å². The van der Waals surface area contributed by atoms with E-state index < -0.39 is 10.0 Å². The van der Waals surface area contributed by atoms with Gasteiger partial charge in [-0.2, -0.15) is 5.10 Å². The summed E-state index contributed by atoms with van der Waals surface area (Å²) in [5, 5.41) is 15.6. The molecule has 6 nitrogen and oxygen atoms in total. The molecule has 1 aliphatic rings. The second-order valence-corrected chi connectivity index (χ2v) is 6.90. The molecule has 3 N–H and O–H groups in total. The van der Waals surface area contributed by atoms with E-state index in [2.05, 4.69) is 14.9 Å². The molecule has 2 atom stereocenters. The molecule has 1 aromatic carbocycles. The van der Waals surface area contributed by atoms with E-state index in [-0.39, 0.29) is 23.6 Å². The number of H-pyrrole nitrogens is 1. The molecule has 0 aliphatic heterocycles. The molecular weight excluding hydrogens is 290 g/mol. The van der Waals surface area contributed by atoms with Crippen LogP contribution in [0.2, 0.25) is 0 Å². The molecule has 1 aromatic heterocycles. The fourth-order valence-electron chi connectivity index (χ4n) is 2.49. The number of rotatable bonds is 5. The summed E-state index contributed by atoms with van der Waals surface area (Å²) < 4.78 is 27.4. The fraction of sp³-hybridized carbons (Fsp3) is 0.357. The van der Waals surface area contributed by atoms with Crippen molar-refractivity contribution in [3.05, 3.63) is 47.2 Å². The molecular formula is C14H17N3O3S. The lowest BCUT2D eigenvalue weighted by Gasteiger charge is -2.05. The third-order valence-corrected chi connectivity index (χ3v) is 5.23. The highest BCUT2D eigenvalue weighted by atomic mass is 32.2. The number of aliphatic hydroxyl groups excluding tert-OH is 1. The molecule has 21 heavy (non-hydrogen) atoms. The Balaban J connectivity index is 1.76. The maximum Gasteiger partial charge on any atom is 0.260 e. The van der Waals surface area contributed by atoms with Gasteiger partial charge in [-0.05, 0) is 18.9 Å². The van der Waals surface area contributed by atoms with Crippen LogP contribution < -0.4 is 4.72 Å². The first-order valence-electron chi connectivity index (χ1n) is 6.75. The SMILES string of the molecule is Cc1[nH]nc(S(=O)(=O)NC2CC2c2ccccc2)c1CO. The van der Waals surface area contributed by atoms with Crippen LogP contribution in [-0.4, -0.2) is 29.8 Å². The van der Waals surface area contributed by atoms with E-state index in [1.54, 1.807) is 6.92 Å². The summed E-state index contributed by atoms with van der Waals surface area (Å²) in [5.41, 5.74) is 2.01. The van der Waals surface area contributed by atoms with Gasteiger partial charge in [-0.3, -0.25) is 5.10 Å². The van der Waals surface area contributed by atoms with E-state index >= 15 is 0 Å². The predicted molar refractivity (Wildman–Crippen MR) is 77.2 cm³/mol. The summed E-state index contributed by atoms with van der Waals surface area (Å²) in [4.78, 5) is 0. The minimum Gasteiger partial charge on any atom is -0.392 e. The monoisotopic (exact) mass is 307 g/mol. The molecule has 0 radical (unpaired) electrons. The molecule has 0 amide bonds. The maximum absolute atomic E-state index is 12.3. The molecule has 0 saturated heterocycles. The highest BCUT2D eigenvalue weighted by molar-refractivity contribution is 7.89. The summed E-state index contributed by atoms with van der Waals surface area (Å²) in [6, 6.07) is 9.71. The highest BCUT2D eigenvalue weighted by Crippen LogP contribution is 2.41. The third-order valence-electron chi connectivity index (χ3n) is 3.77. The van der Waals surface area contributed by atoms with E-state index in [0.717, 1.165) is 12.0 Å². The maximum atomic E-state index is 12.3. The number of hydrogen-bond donors (Lipinski definition) is 3. The van der Waals surface area contributed by atoms with Gasteiger partial charge in [0.25, 0.3) is 10.0 Å². The number of aryl methyl sites for hydroxylation is 1. The van der Waals surface area contributed by atoms with Crippen molar-refractivity contribution in [2.75, 3.05) is 0 Å². The van der Waals surface area contributed by atoms with Gasteiger partial charge in [-0.25, -0.2) is 13.1 Å². The Morgan fingerprint density at radius 1 is 1.38 bits per heavy atom. The van der Waals surface area contributed by atoms with Crippen LogP contribution in [0.25, 0.3) is 0 Å². The lowest BCUT2D eigenvalue weighted by Crippen LogP contribution is -2.28. The molecule has 1 aliphatic carbocycles. The van der Waals surface area contributed by atoms with Crippen molar-refractivity contribution in [3.8, 4) is 0 Å². The molecule has 7 heteroatoms. The average Bonchev–Trinajstić information content (AvgIpc) is 3.11. The number of aromatic amines is 1. The summed E-state index contributed by atoms with van der Waals surface area (Å²) in [5.74, 6) is 0.207. The molecule has 2 unspecified atom stereocenters. The van der Waals surface area contributed by atoms with Crippen molar-refractivity contribution in [3.63, 3.8) is 0 Å². The molecule has 112 valence electrons. The Bertz CT molecular complexity index is 740. The zero-order chi connectivity index (χ0) is 15.0. The molecule has 0 bridgehead atoms. The topological polar surface area (TPSA) is 95.1 Å². The zero-order valence-corrected chi connectivity index (χ0v) is 12.4. The van der Waals surface area contributed by atoms with Gasteiger partial charge in [0.1, 0.15) is 0 Å². The lowest BCUT2D eigenvalue weighted by molar-refractivity contribution is 0.277. The number of nitrogens with one attached hydrogen (secondary N) is 2. The van der Waals surface area contributed by atoms with Crippen LogP contribution in [0.3, 0.4) is 0 Å². The smallest absolute Gasteiger partial charge is 0.260 e. The minimum atomic E-state index is -3.71. The Kier molecular flexibility index (Phi) is 3.56. The first-order chi connectivity index (χ1) is 10.0.